The van der Waals surface area contributed by atoms with Crippen molar-refractivity contribution in [1.82, 2.24) is 0 Å². The average Bonchev–Trinajstić information content (AvgIpc) is 2.35. The number of rotatable bonds is 7. The Morgan fingerprint density at radius 2 is 2.26 bits per heavy atom. The van der Waals surface area contributed by atoms with Gasteiger partial charge in [0, 0.05) is 6.07 Å². The van der Waals surface area contributed by atoms with Gasteiger partial charge in [-0.15, -0.1) is 0 Å². The van der Waals surface area contributed by atoms with Gasteiger partial charge in [-0.3, -0.25) is 10.1 Å². The summed E-state index contributed by atoms with van der Waals surface area (Å²) in [5.41, 5.74) is -0.338. The van der Waals surface area contributed by atoms with Crippen molar-refractivity contribution in [2.45, 2.75) is 32.3 Å². The summed E-state index contributed by atoms with van der Waals surface area (Å²) in [5.74, 6) is -1.36. The van der Waals surface area contributed by atoms with Gasteiger partial charge in [0.05, 0.1) is 9.95 Å². The lowest BCUT2D eigenvalue weighted by Gasteiger charge is -2.15. The van der Waals surface area contributed by atoms with E-state index in [1.807, 2.05) is 6.92 Å². The number of hydrogen-bond acceptors (Lipinski definition) is 4. The molecule has 1 N–H and O–H groups in total. The number of carboxylic acid groups (broad SMARTS) is 1. The van der Waals surface area contributed by atoms with Crippen molar-refractivity contribution in [2.75, 3.05) is 0 Å². The van der Waals surface area contributed by atoms with E-state index in [1.165, 1.54) is 18.2 Å². The number of nitro groups is 1. The summed E-state index contributed by atoms with van der Waals surface area (Å²) in [4.78, 5) is 21.3. The normalized spacial score (nSPS) is 11.9. The molecule has 0 spiro atoms. The minimum absolute atomic E-state index is 0.0250. The topological polar surface area (TPSA) is 89.7 Å². The molecule has 1 atom stereocenters. The van der Waals surface area contributed by atoms with Gasteiger partial charge in [-0.1, -0.05) is 31.0 Å². The third-order valence-electron chi connectivity index (χ3n) is 2.50. The molecule has 0 heterocycles. The average molecular weight is 288 g/mol. The predicted octanol–water partition coefficient (Wildman–Crippen LogP) is 3.27. The minimum atomic E-state index is -1.16. The molecule has 0 aliphatic rings. The fourth-order valence-corrected chi connectivity index (χ4v) is 1.74. The fraction of sp³-hybridized carbons (Fsp3) is 0.417. The Balaban J connectivity index is 3.01. The number of hydrogen-bond donors (Lipinski definition) is 1. The quantitative estimate of drug-likeness (QED) is 0.614. The van der Waals surface area contributed by atoms with Crippen molar-refractivity contribution in [3.8, 4) is 5.75 Å². The molecule has 0 aromatic heterocycles. The van der Waals surface area contributed by atoms with Crippen molar-refractivity contribution in [2.24, 2.45) is 0 Å². The van der Waals surface area contributed by atoms with Gasteiger partial charge in [0.1, 0.15) is 0 Å². The lowest BCUT2D eigenvalue weighted by Crippen LogP contribution is -2.27. The number of aliphatic carboxylic acids is 1. The molecule has 104 valence electrons. The first-order valence-corrected chi connectivity index (χ1v) is 6.17. The summed E-state index contributed by atoms with van der Waals surface area (Å²) in [6.45, 7) is 1.91. The summed E-state index contributed by atoms with van der Waals surface area (Å²) in [6.07, 6.45) is 0.583. The molecule has 1 rings (SSSR count). The number of para-hydroxylation sites is 1. The van der Waals surface area contributed by atoms with Crippen LogP contribution in [-0.4, -0.2) is 22.1 Å². The number of benzene rings is 1. The zero-order valence-electron chi connectivity index (χ0n) is 10.3. The molecule has 1 aromatic carbocycles. The van der Waals surface area contributed by atoms with E-state index >= 15 is 0 Å². The van der Waals surface area contributed by atoms with E-state index in [1.54, 1.807) is 0 Å². The summed E-state index contributed by atoms with van der Waals surface area (Å²) in [7, 11) is 0. The third-order valence-corrected chi connectivity index (χ3v) is 2.80. The summed E-state index contributed by atoms with van der Waals surface area (Å²) < 4.78 is 5.23. The molecule has 0 aliphatic heterocycles. The molecular formula is C12H14ClNO5. The van der Waals surface area contributed by atoms with Crippen LogP contribution >= 0.6 is 11.6 Å². The van der Waals surface area contributed by atoms with Gasteiger partial charge in [0.15, 0.2) is 6.10 Å². The summed E-state index contributed by atoms with van der Waals surface area (Å²) in [6, 6.07) is 4.05. The molecular weight excluding hydrogens is 274 g/mol. The zero-order valence-corrected chi connectivity index (χ0v) is 11.1. The molecule has 0 fully saturated rings. The second-order valence-electron chi connectivity index (χ2n) is 3.93. The molecule has 19 heavy (non-hydrogen) atoms. The first kappa shape index (κ1) is 15.2. The number of ether oxygens (including phenoxy) is 1. The maximum Gasteiger partial charge on any atom is 0.344 e. The van der Waals surface area contributed by atoms with E-state index in [4.69, 9.17) is 21.4 Å². The second-order valence-corrected chi connectivity index (χ2v) is 4.34. The summed E-state index contributed by atoms with van der Waals surface area (Å²) >= 11 is 5.83. The zero-order chi connectivity index (χ0) is 14.4. The van der Waals surface area contributed by atoms with Crippen molar-refractivity contribution in [3.05, 3.63) is 33.3 Å². The van der Waals surface area contributed by atoms with E-state index < -0.39 is 17.0 Å². The van der Waals surface area contributed by atoms with E-state index in [-0.39, 0.29) is 22.9 Å². The Kier molecular flexibility index (Phi) is 5.57. The van der Waals surface area contributed by atoms with Crippen molar-refractivity contribution < 1.29 is 19.6 Å². The Labute approximate surface area is 115 Å². The highest BCUT2D eigenvalue weighted by atomic mass is 35.5. The molecule has 7 heteroatoms. The van der Waals surface area contributed by atoms with Crippen LogP contribution in [0.15, 0.2) is 18.2 Å². The number of carboxylic acids is 1. The number of unbranched alkanes of at least 4 members (excludes halogenated alkanes) is 1. The van der Waals surface area contributed by atoms with Crippen LogP contribution in [0.2, 0.25) is 5.02 Å². The summed E-state index contributed by atoms with van der Waals surface area (Å²) in [5, 5.41) is 19.9. The molecule has 0 saturated carbocycles. The second kappa shape index (κ2) is 6.94. The van der Waals surface area contributed by atoms with Crippen LogP contribution in [0.3, 0.4) is 0 Å². The lowest BCUT2D eigenvalue weighted by molar-refractivity contribution is -0.386. The molecule has 1 unspecified atom stereocenters. The van der Waals surface area contributed by atoms with Gasteiger partial charge in [0.2, 0.25) is 5.75 Å². The predicted molar refractivity (Wildman–Crippen MR) is 69.7 cm³/mol. The minimum Gasteiger partial charge on any atom is -0.479 e. The molecule has 6 nitrogen and oxygen atoms in total. The smallest absolute Gasteiger partial charge is 0.344 e. The van der Waals surface area contributed by atoms with Gasteiger partial charge in [-0.25, -0.2) is 4.79 Å². The highest BCUT2D eigenvalue weighted by Gasteiger charge is 2.25. The van der Waals surface area contributed by atoms with Gasteiger partial charge in [-0.2, -0.15) is 0 Å². The molecule has 0 amide bonds. The highest BCUT2D eigenvalue weighted by molar-refractivity contribution is 6.32. The van der Waals surface area contributed by atoms with E-state index in [0.29, 0.717) is 6.42 Å². The molecule has 0 saturated heterocycles. The van der Waals surface area contributed by atoms with Gasteiger partial charge in [-0.05, 0) is 18.9 Å². The van der Waals surface area contributed by atoms with Crippen molar-refractivity contribution in [3.63, 3.8) is 0 Å². The lowest BCUT2D eigenvalue weighted by atomic mass is 10.1. The maximum atomic E-state index is 11.1. The Bertz CT molecular complexity index is 477. The maximum absolute atomic E-state index is 11.1. The van der Waals surface area contributed by atoms with Crippen LogP contribution in [0.4, 0.5) is 5.69 Å². The van der Waals surface area contributed by atoms with Crippen LogP contribution in [0.1, 0.15) is 26.2 Å². The molecule has 0 radical (unpaired) electrons. The van der Waals surface area contributed by atoms with Gasteiger partial charge in [0.25, 0.3) is 0 Å². The van der Waals surface area contributed by atoms with Crippen LogP contribution in [0.25, 0.3) is 0 Å². The SMILES string of the molecule is CCCCC(Oc1c(Cl)cccc1[N+](=O)[O-])C(=O)O. The first-order chi connectivity index (χ1) is 8.97. The molecule has 0 bridgehead atoms. The molecule has 0 aliphatic carbocycles. The van der Waals surface area contributed by atoms with Crippen LogP contribution < -0.4 is 4.74 Å². The largest absolute Gasteiger partial charge is 0.479 e. The number of nitrogens with zero attached hydrogens (tertiary/aromatic N) is 1. The van der Waals surface area contributed by atoms with Gasteiger partial charge >= 0.3 is 11.7 Å². The Hall–Kier alpha value is -1.82. The van der Waals surface area contributed by atoms with Crippen molar-refractivity contribution in [1.29, 1.82) is 0 Å². The van der Waals surface area contributed by atoms with Crippen LogP contribution in [0, 0.1) is 10.1 Å². The van der Waals surface area contributed by atoms with E-state index in [2.05, 4.69) is 0 Å². The first-order valence-electron chi connectivity index (χ1n) is 5.79. The van der Waals surface area contributed by atoms with E-state index in [0.717, 1.165) is 6.42 Å². The monoisotopic (exact) mass is 287 g/mol. The third kappa shape index (κ3) is 4.10. The number of halogens is 1. The Morgan fingerprint density at radius 1 is 1.58 bits per heavy atom. The number of nitro benzene ring substituents is 1. The Morgan fingerprint density at radius 3 is 2.79 bits per heavy atom. The number of carbonyl (C=O) groups is 1. The van der Waals surface area contributed by atoms with Crippen LogP contribution in [-0.2, 0) is 4.79 Å². The molecule has 1 aromatic rings. The van der Waals surface area contributed by atoms with Crippen LogP contribution in [0.5, 0.6) is 5.75 Å². The van der Waals surface area contributed by atoms with Gasteiger partial charge < -0.3 is 9.84 Å². The fourth-order valence-electron chi connectivity index (χ4n) is 1.52. The standard InChI is InChI=1S/C12H14ClNO5/c1-2-3-7-10(12(15)16)19-11-8(13)5-4-6-9(11)14(17)18/h4-6,10H,2-3,7H2,1H3,(H,15,16). The van der Waals surface area contributed by atoms with E-state index in [9.17, 15) is 14.9 Å². The van der Waals surface area contributed by atoms with Crippen molar-refractivity contribution >= 4 is 23.3 Å². The highest BCUT2D eigenvalue weighted by Crippen LogP contribution is 2.35.